The largest absolute Gasteiger partial charge is 0.486 e. The van der Waals surface area contributed by atoms with Crippen molar-refractivity contribution >= 4 is 6.08 Å². The monoisotopic (exact) mass is 472 g/mol. The Hall–Kier alpha value is -3.38. The molecule has 1 aromatic carbocycles. The van der Waals surface area contributed by atoms with Gasteiger partial charge in [-0.2, -0.15) is 0 Å². The average molecular weight is 473 g/mol. The number of benzene rings is 1. The Morgan fingerprint density at radius 3 is 2.11 bits per heavy atom. The summed E-state index contributed by atoms with van der Waals surface area (Å²) < 4.78 is 11.3. The lowest BCUT2D eigenvalue weighted by Gasteiger charge is -2.11. The Labute approximate surface area is 209 Å². The molecule has 0 radical (unpaired) electrons. The van der Waals surface area contributed by atoms with E-state index in [1.807, 2.05) is 36.7 Å². The summed E-state index contributed by atoms with van der Waals surface area (Å²) in [5.74, 6) is 1.95. The van der Waals surface area contributed by atoms with Crippen molar-refractivity contribution in [3.05, 3.63) is 73.3 Å². The van der Waals surface area contributed by atoms with E-state index in [1.54, 1.807) is 18.5 Å². The number of hydrogen-bond donors (Lipinski definition) is 0. The van der Waals surface area contributed by atoms with Crippen LogP contribution >= 0.6 is 0 Å². The first kappa shape index (κ1) is 26.2. The molecule has 6 nitrogen and oxygen atoms in total. The van der Waals surface area contributed by atoms with E-state index in [0.717, 1.165) is 49.0 Å². The first-order valence-corrected chi connectivity index (χ1v) is 12.5. The van der Waals surface area contributed by atoms with E-state index >= 15 is 0 Å². The minimum absolute atomic E-state index is 0.330. The van der Waals surface area contributed by atoms with Crippen molar-refractivity contribution in [1.29, 1.82) is 0 Å². The first-order chi connectivity index (χ1) is 17.2. The van der Waals surface area contributed by atoms with Crippen LogP contribution in [0, 0.1) is 0 Å². The number of nitrogens with zero attached hydrogens (tertiary/aromatic N) is 4. The molecule has 184 valence electrons. The van der Waals surface area contributed by atoms with Gasteiger partial charge in [0.15, 0.2) is 17.4 Å². The molecule has 1 unspecified atom stereocenters. The van der Waals surface area contributed by atoms with Crippen LogP contribution in [0.1, 0.15) is 57.9 Å². The zero-order chi connectivity index (χ0) is 24.7. The van der Waals surface area contributed by atoms with E-state index < -0.39 is 0 Å². The van der Waals surface area contributed by atoms with Crippen molar-refractivity contribution in [1.82, 2.24) is 19.9 Å². The van der Waals surface area contributed by atoms with Gasteiger partial charge in [-0.05, 0) is 32.6 Å². The standard InChI is InChI=1S/C29H36N4O2/c1-4-6-10-18-34-23(3)11-8-7-9-12-24-19-30-28(31-20-24)25-13-15-26(16-14-25)29-32-21-27(22-33-29)35-17-5-2/h5,9,12-16,19-23H,2,4,6-8,10-11,17-18H2,1,3H3. The summed E-state index contributed by atoms with van der Waals surface area (Å²) in [7, 11) is 0. The van der Waals surface area contributed by atoms with E-state index in [2.05, 4.69) is 52.5 Å². The van der Waals surface area contributed by atoms with Crippen LogP contribution in [-0.4, -0.2) is 39.3 Å². The summed E-state index contributed by atoms with van der Waals surface area (Å²) in [6.45, 7) is 9.32. The van der Waals surface area contributed by atoms with Gasteiger partial charge in [0.1, 0.15) is 6.61 Å². The van der Waals surface area contributed by atoms with Crippen LogP contribution in [0.2, 0.25) is 0 Å². The summed E-state index contributed by atoms with van der Waals surface area (Å²) in [5.41, 5.74) is 2.87. The van der Waals surface area contributed by atoms with Gasteiger partial charge < -0.3 is 9.47 Å². The van der Waals surface area contributed by atoms with E-state index in [0.29, 0.717) is 30.1 Å². The lowest BCUT2D eigenvalue weighted by molar-refractivity contribution is 0.0566. The highest BCUT2D eigenvalue weighted by atomic mass is 16.5. The SMILES string of the molecule is C=CCOc1cnc(-c2ccc(-c3ncc(C=CCCCC(C)OCCCCC)cn3)cc2)nc1. The fourth-order valence-electron chi connectivity index (χ4n) is 3.50. The normalized spacial score (nSPS) is 12.1. The molecule has 2 heterocycles. The molecule has 0 saturated carbocycles. The molecule has 0 aliphatic rings. The highest BCUT2D eigenvalue weighted by Crippen LogP contribution is 2.21. The molecule has 0 aliphatic carbocycles. The van der Waals surface area contributed by atoms with Crippen LogP contribution in [0.4, 0.5) is 0 Å². The molecule has 0 spiro atoms. The molecule has 3 rings (SSSR count). The predicted octanol–water partition coefficient (Wildman–Crippen LogP) is 6.94. The van der Waals surface area contributed by atoms with Crippen LogP contribution in [0.5, 0.6) is 5.75 Å². The first-order valence-electron chi connectivity index (χ1n) is 12.5. The molecule has 0 bridgehead atoms. The minimum atomic E-state index is 0.330. The topological polar surface area (TPSA) is 70.0 Å². The lowest BCUT2D eigenvalue weighted by Crippen LogP contribution is -2.08. The second-order valence-electron chi connectivity index (χ2n) is 8.48. The second kappa shape index (κ2) is 14.8. The van der Waals surface area contributed by atoms with E-state index in [9.17, 15) is 0 Å². The van der Waals surface area contributed by atoms with Gasteiger partial charge in [-0.15, -0.1) is 0 Å². The van der Waals surface area contributed by atoms with E-state index in [1.165, 1.54) is 12.8 Å². The third-order valence-electron chi connectivity index (χ3n) is 5.51. The van der Waals surface area contributed by atoms with Crippen molar-refractivity contribution in [2.45, 2.75) is 58.5 Å². The zero-order valence-corrected chi connectivity index (χ0v) is 20.9. The van der Waals surface area contributed by atoms with E-state index in [-0.39, 0.29) is 0 Å². The number of aromatic nitrogens is 4. The average Bonchev–Trinajstić information content (AvgIpc) is 2.90. The summed E-state index contributed by atoms with van der Waals surface area (Å²) in [5, 5.41) is 0. The lowest BCUT2D eigenvalue weighted by atomic mass is 10.1. The molecular formula is C29H36N4O2. The Bertz CT molecular complexity index is 1030. The second-order valence-corrected chi connectivity index (χ2v) is 8.48. The number of allylic oxidation sites excluding steroid dienone is 1. The van der Waals surface area contributed by atoms with Crippen LogP contribution in [0.15, 0.2) is 67.8 Å². The zero-order valence-electron chi connectivity index (χ0n) is 20.9. The number of rotatable bonds is 15. The molecule has 35 heavy (non-hydrogen) atoms. The predicted molar refractivity (Wildman–Crippen MR) is 142 cm³/mol. The Morgan fingerprint density at radius 1 is 0.886 bits per heavy atom. The maximum absolute atomic E-state index is 5.86. The Balaban J connectivity index is 1.45. The van der Waals surface area contributed by atoms with Gasteiger partial charge in [-0.25, -0.2) is 19.9 Å². The maximum Gasteiger partial charge on any atom is 0.159 e. The van der Waals surface area contributed by atoms with Gasteiger partial charge in [0.2, 0.25) is 0 Å². The molecule has 0 saturated heterocycles. The van der Waals surface area contributed by atoms with Gasteiger partial charge in [0.25, 0.3) is 0 Å². The van der Waals surface area contributed by atoms with Crippen molar-refractivity contribution in [3.63, 3.8) is 0 Å². The minimum Gasteiger partial charge on any atom is -0.486 e. The highest BCUT2D eigenvalue weighted by molar-refractivity contribution is 5.63. The summed E-state index contributed by atoms with van der Waals surface area (Å²) in [6, 6.07) is 7.91. The van der Waals surface area contributed by atoms with Gasteiger partial charge >= 0.3 is 0 Å². The molecule has 2 aromatic heterocycles. The van der Waals surface area contributed by atoms with Crippen LogP contribution < -0.4 is 4.74 Å². The third kappa shape index (κ3) is 9.06. The number of ether oxygens (including phenoxy) is 2. The van der Waals surface area contributed by atoms with E-state index in [4.69, 9.17) is 9.47 Å². The summed E-state index contributed by atoms with van der Waals surface area (Å²) in [4.78, 5) is 17.8. The van der Waals surface area contributed by atoms with Crippen LogP contribution in [0.3, 0.4) is 0 Å². The molecule has 1 atom stereocenters. The fourth-order valence-corrected chi connectivity index (χ4v) is 3.50. The number of unbranched alkanes of at least 4 members (excludes halogenated alkanes) is 3. The van der Waals surface area contributed by atoms with Crippen molar-refractivity contribution < 1.29 is 9.47 Å². The summed E-state index contributed by atoms with van der Waals surface area (Å²) >= 11 is 0. The molecule has 0 aliphatic heterocycles. The van der Waals surface area contributed by atoms with Gasteiger partial charge in [-0.1, -0.05) is 68.8 Å². The van der Waals surface area contributed by atoms with Crippen LogP contribution in [-0.2, 0) is 4.74 Å². The third-order valence-corrected chi connectivity index (χ3v) is 5.51. The van der Waals surface area contributed by atoms with Gasteiger partial charge in [0, 0.05) is 35.7 Å². The van der Waals surface area contributed by atoms with Gasteiger partial charge in [0.05, 0.1) is 18.5 Å². The van der Waals surface area contributed by atoms with Crippen molar-refractivity contribution in [3.8, 4) is 28.5 Å². The Kier molecular flexibility index (Phi) is 11.1. The molecular weight excluding hydrogens is 436 g/mol. The molecule has 0 N–H and O–H groups in total. The molecule has 0 fully saturated rings. The molecule has 3 aromatic rings. The smallest absolute Gasteiger partial charge is 0.159 e. The van der Waals surface area contributed by atoms with Crippen molar-refractivity contribution in [2.75, 3.05) is 13.2 Å². The highest BCUT2D eigenvalue weighted by Gasteiger charge is 2.05. The Morgan fingerprint density at radius 2 is 1.51 bits per heavy atom. The quantitative estimate of drug-likeness (QED) is 0.176. The van der Waals surface area contributed by atoms with Crippen LogP contribution in [0.25, 0.3) is 28.9 Å². The molecule has 0 amide bonds. The maximum atomic E-state index is 5.86. The number of hydrogen-bond acceptors (Lipinski definition) is 6. The van der Waals surface area contributed by atoms with Crippen molar-refractivity contribution in [2.24, 2.45) is 0 Å². The fraction of sp³-hybridized carbons (Fsp3) is 0.379. The summed E-state index contributed by atoms with van der Waals surface area (Å²) in [6.07, 6.45) is 20.2. The molecule has 6 heteroatoms. The van der Waals surface area contributed by atoms with Gasteiger partial charge in [-0.3, -0.25) is 0 Å².